The maximum Gasteiger partial charge on any atom is 0.194 e. The number of ether oxygens (including phenoxy) is 2. The van der Waals surface area contributed by atoms with Crippen LogP contribution in [0.1, 0.15) is 56.4 Å². The fourth-order valence-electron chi connectivity index (χ4n) is 6.56. The minimum atomic E-state index is -0.724. The van der Waals surface area contributed by atoms with E-state index in [2.05, 4.69) is 125 Å². The second kappa shape index (κ2) is 11.0. The zero-order valence-electron chi connectivity index (χ0n) is 24.3. The summed E-state index contributed by atoms with van der Waals surface area (Å²) in [7, 11) is 0. The van der Waals surface area contributed by atoms with E-state index in [0.29, 0.717) is 18.2 Å². The Kier molecular flexibility index (Phi) is 7.25. The summed E-state index contributed by atoms with van der Waals surface area (Å²) in [5, 5.41) is 0. The molecule has 4 aromatic rings. The highest BCUT2D eigenvalue weighted by Gasteiger charge is 2.54. The van der Waals surface area contributed by atoms with Crippen LogP contribution in [0.2, 0.25) is 0 Å². The van der Waals surface area contributed by atoms with E-state index in [9.17, 15) is 0 Å². The Morgan fingerprint density at radius 2 is 0.756 bits per heavy atom. The highest BCUT2D eigenvalue weighted by atomic mass is 16.5. The SMILES string of the molecule is CC(C)[C@@H]1N=C(CC2=N[C@@H](C(C)C)C(c3ccccc3)(c3ccccc3)O2)OC1(c1ccccc1)c1ccccc1. The molecule has 4 aromatic carbocycles. The number of nitrogens with zero attached hydrogens (tertiary/aromatic N) is 2. The molecule has 0 aliphatic carbocycles. The van der Waals surface area contributed by atoms with Gasteiger partial charge in [0.25, 0.3) is 0 Å². The minimum Gasteiger partial charge on any atom is -0.462 e. The Hall–Kier alpha value is -4.18. The van der Waals surface area contributed by atoms with E-state index < -0.39 is 11.2 Å². The average Bonchev–Trinajstić information content (AvgIpc) is 3.60. The number of aliphatic imine (C=N–C) groups is 2. The fourth-order valence-corrected chi connectivity index (χ4v) is 6.56. The molecule has 41 heavy (non-hydrogen) atoms. The van der Waals surface area contributed by atoms with E-state index in [1.54, 1.807) is 0 Å². The molecule has 2 heterocycles. The van der Waals surface area contributed by atoms with Crippen LogP contribution in [0, 0.1) is 11.8 Å². The highest BCUT2D eigenvalue weighted by molar-refractivity contribution is 5.99. The van der Waals surface area contributed by atoms with Gasteiger partial charge in [0.2, 0.25) is 0 Å². The van der Waals surface area contributed by atoms with E-state index >= 15 is 0 Å². The first-order valence-electron chi connectivity index (χ1n) is 14.7. The van der Waals surface area contributed by atoms with Crippen molar-refractivity contribution in [3.05, 3.63) is 144 Å². The lowest BCUT2D eigenvalue weighted by atomic mass is 9.76. The van der Waals surface area contributed by atoms with Gasteiger partial charge < -0.3 is 9.47 Å². The van der Waals surface area contributed by atoms with Crippen LogP contribution in [0.3, 0.4) is 0 Å². The van der Waals surface area contributed by atoms with Gasteiger partial charge in [0.05, 0.1) is 6.42 Å². The summed E-state index contributed by atoms with van der Waals surface area (Å²) in [6, 6.07) is 41.8. The lowest BCUT2D eigenvalue weighted by molar-refractivity contribution is 0.0722. The molecule has 6 rings (SSSR count). The third-order valence-electron chi connectivity index (χ3n) is 8.33. The predicted molar refractivity (Wildman–Crippen MR) is 166 cm³/mol. The molecule has 0 radical (unpaired) electrons. The summed E-state index contributed by atoms with van der Waals surface area (Å²) in [4.78, 5) is 10.5. The van der Waals surface area contributed by atoms with Crippen LogP contribution in [0.4, 0.5) is 0 Å². The molecule has 0 N–H and O–H groups in total. The first-order chi connectivity index (χ1) is 19.9. The second-order valence-corrected chi connectivity index (χ2v) is 11.7. The number of benzene rings is 4. The number of hydrogen-bond donors (Lipinski definition) is 0. The van der Waals surface area contributed by atoms with Crippen molar-refractivity contribution in [3.63, 3.8) is 0 Å². The van der Waals surface area contributed by atoms with Crippen LogP contribution in [-0.4, -0.2) is 23.9 Å². The smallest absolute Gasteiger partial charge is 0.194 e. The van der Waals surface area contributed by atoms with Gasteiger partial charge in [0.1, 0.15) is 12.1 Å². The van der Waals surface area contributed by atoms with Crippen LogP contribution >= 0.6 is 0 Å². The molecule has 0 spiro atoms. The molecule has 0 fully saturated rings. The third kappa shape index (κ3) is 4.65. The van der Waals surface area contributed by atoms with Gasteiger partial charge in [0, 0.05) is 22.3 Å². The lowest BCUT2D eigenvalue weighted by Crippen LogP contribution is -2.42. The Morgan fingerprint density at radius 3 is 1.00 bits per heavy atom. The molecule has 0 bridgehead atoms. The molecule has 208 valence electrons. The second-order valence-electron chi connectivity index (χ2n) is 11.7. The molecular formula is C37H38N2O2. The van der Waals surface area contributed by atoms with Gasteiger partial charge in [-0.15, -0.1) is 0 Å². The van der Waals surface area contributed by atoms with Crippen LogP contribution in [-0.2, 0) is 20.7 Å². The van der Waals surface area contributed by atoms with E-state index in [-0.39, 0.29) is 23.9 Å². The minimum absolute atomic E-state index is 0.0989. The Bertz CT molecular complexity index is 1320. The van der Waals surface area contributed by atoms with Gasteiger partial charge in [-0.2, -0.15) is 0 Å². The van der Waals surface area contributed by atoms with Gasteiger partial charge in [-0.1, -0.05) is 149 Å². The molecule has 2 aliphatic heterocycles. The maximum atomic E-state index is 7.02. The molecule has 0 aromatic heterocycles. The zero-order chi connectivity index (χ0) is 28.5. The van der Waals surface area contributed by atoms with Crippen LogP contribution in [0.5, 0.6) is 0 Å². The first kappa shape index (κ1) is 27.0. The van der Waals surface area contributed by atoms with Crippen molar-refractivity contribution >= 4 is 11.8 Å². The summed E-state index contributed by atoms with van der Waals surface area (Å²) in [6.45, 7) is 8.87. The van der Waals surface area contributed by atoms with Crippen LogP contribution in [0.15, 0.2) is 131 Å². The molecule has 2 aliphatic rings. The van der Waals surface area contributed by atoms with Crippen molar-refractivity contribution in [1.82, 2.24) is 0 Å². The van der Waals surface area contributed by atoms with E-state index in [4.69, 9.17) is 19.5 Å². The van der Waals surface area contributed by atoms with E-state index in [0.717, 1.165) is 22.3 Å². The molecule has 4 nitrogen and oxygen atoms in total. The largest absolute Gasteiger partial charge is 0.462 e. The summed E-state index contributed by atoms with van der Waals surface area (Å²) < 4.78 is 14.0. The van der Waals surface area contributed by atoms with Crippen molar-refractivity contribution in [1.29, 1.82) is 0 Å². The van der Waals surface area contributed by atoms with Crippen molar-refractivity contribution in [3.8, 4) is 0 Å². The third-order valence-corrected chi connectivity index (χ3v) is 8.33. The average molecular weight is 543 g/mol. The van der Waals surface area contributed by atoms with Crippen molar-refractivity contribution < 1.29 is 9.47 Å². The van der Waals surface area contributed by atoms with Gasteiger partial charge in [-0.25, -0.2) is 9.98 Å². The molecule has 0 saturated carbocycles. The van der Waals surface area contributed by atoms with Gasteiger partial charge in [0.15, 0.2) is 23.0 Å². The van der Waals surface area contributed by atoms with Crippen molar-refractivity contribution in [2.24, 2.45) is 21.8 Å². The Balaban J connectivity index is 1.40. The predicted octanol–water partition coefficient (Wildman–Crippen LogP) is 8.17. The molecule has 0 amide bonds. The monoisotopic (exact) mass is 542 g/mol. The summed E-state index contributed by atoms with van der Waals surface area (Å²) in [5.74, 6) is 1.81. The number of rotatable bonds is 8. The molecular weight excluding hydrogens is 504 g/mol. The van der Waals surface area contributed by atoms with Crippen LogP contribution in [0.25, 0.3) is 0 Å². The number of hydrogen-bond acceptors (Lipinski definition) is 4. The standard InChI is InChI=1S/C37H38N2O2/c1-26(2)34-36(28-17-9-5-10-18-28,29-19-11-6-12-20-29)40-32(38-34)25-33-39-35(27(3)4)37(41-33,30-21-13-7-14-22-30)31-23-15-8-16-24-31/h5-24,26-27,34-35H,25H2,1-4H3/t34-,35-/m0/s1. The first-order valence-corrected chi connectivity index (χ1v) is 14.7. The summed E-state index contributed by atoms with van der Waals surface area (Å²) in [6.07, 6.45) is 0.398. The molecule has 0 unspecified atom stereocenters. The quantitative estimate of drug-likeness (QED) is 0.225. The molecule has 0 saturated heterocycles. The summed E-state index contributed by atoms with van der Waals surface area (Å²) >= 11 is 0. The van der Waals surface area contributed by atoms with Crippen LogP contribution < -0.4 is 0 Å². The van der Waals surface area contributed by atoms with Gasteiger partial charge >= 0.3 is 0 Å². The highest BCUT2D eigenvalue weighted by Crippen LogP contribution is 2.48. The van der Waals surface area contributed by atoms with Gasteiger partial charge in [-0.3, -0.25) is 0 Å². The van der Waals surface area contributed by atoms with E-state index in [1.165, 1.54) is 0 Å². The van der Waals surface area contributed by atoms with E-state index in [1.807, 2.05) is 24.3 Å². The molecule has 4 heteroatoms. The summed E-state index contributed by atoms with van der Waals surface area (Å²) in [5.41, 5.74) is 2.94. The Labute approximate surface area is 243 Å². The van der Waals surface area contributed by atoms with Crippen molar-refractivity contribution in [2.45, 2.75) is 57.4 Å². The van der Waals surface area contributed by atoms with Crippen molar-refractivity contribution in [2.75, 3.05) is 0 Å². The zero-order valence-corrected chi connectivity index (χ0v) is 24.3. The molecule has 2 atom stereocenters. The topological polar surface area (TPSA) is 43.2 Å². The fraction of sp³-hybridized carbons (Fsp3) is 0.297. The van der Waals surface area contributed by atoms with Gasteiger partial charge in [-0.05, 0) is 11.8 Å². The normalized spacial score (nSPS) is 20.8. The lowest BCUT2D eigenvalue weighted by Gasteiger charge is -2.37. The Morgan fingerprint density at radius 1 is 0.488 bits per heavy atom. The maximum absolute atomic E-state index is 7.02.